The van der Waals surface area contributed by atoms with Gasteiger partial charge in [0, 0.05) is 20.1 Å². The van der Waals surface area contributed by atoms with Gasteiger partial charge < -0.3 is 15.5 Å². The predicted octanol–water partition coefficient (Wildman–Crippen LogP) is 1.38. The van der Waals surface area contributed by atoms with Crippen LogP contribution in [0.15, 0.2) is 30.5 Å². The van der Waals surface area contributed by atoms with Crippen molar-refractivity contribution in [1.82, 2.24) is 19.8 Å². The van der Waals surface area contributed by atoms with Crippen LogP contribution < -0.4 is 5.73 Å². The first-order valence-electron chi connectivity index (χ1n) is 8.04. The SMILES string of the molecule is CN(Cc1cnc2ccccc2n1)C(=O)[C@H]1CCCN(C(N)=O)C1. The number of rotatable bonds is 3. The van der Waals surface area contributed by atoms with Crippen LogP contribution in [0.5, 0.6) is 0 Å². The molecule has 0 radical (unpaired) electrons. The zero-order chi connectivity index (χ0) is 17.1. The fourth-order valence-corrected chi connectivity index (χ4v) is 3.08. The Bertz CT molecular complexity index is 763. The number of nitrogens with zero attached hydrogens (tertiary/aromatic N) is 4. The number of primary amides is 1. The average molecular weight is 327 g/mol. The molecule has 0 saturated carbocycles. The number of carbonyl (C=O) groups is 2. The van der Waals surface area contributed by atoms with E-state index in [9.17, 15) is 9.59 Å². The molecule has 1 aromatic heterocycles. The maximum Gasteiger partial charge on any atom is 0.314 e. The molecule has 1 aliphatic rings. The minimum Gasteiger partial charge on any atom is -0.351 e. The number of fused-ring (bicyclic) bond motifs is 1. The molecule has 2 N–H and O–H groups in total. The smallest absolute Gasteiger partial charge is 0.314 e. The highest BCUT2D eigenvalue weighted by molar-refractivity contribution is 5.80. The lowest BCUT2D eigenvalue weighted by Crippen LogP contribution is -2.47. The van der Waals surface area contributed by atoms with E-state index >= 15 is 0 Å². The van der Waals surface area contributed by atoms with Crippen LogP contribution in [0.1, 0.15) is 18.5 Å². The first-order chi connectivity index (χ1) is 11.5. The first-order valence-corrected chi connectivity index (χ1v) is 8.04. The van der Waals surface area contributed by atoms with Crippen LogP contribution >= 0.6 is 0 Å². The van der Waals surface area contributed by atoms with Crippen LogP contribution in [0.2, 0.25) is 0 Å². The largest absolute Gasteiger partial charge is 0.351 e. The van der Waals surface area contributed by atoms with Crippen LogP contribution in [0.25, 0.3) is 11.0 Å². The van der Waals surface area contributed by atoms with Gasteiger partial charge in [-0.15, -0.1) is 0 Å². The third kappa shape index (κ3) is 3.45. The molecule has 126 valence electrons. The Kier molecular flexibility index (Phi) is 4.59. The maximum atomic E-state index is 12.6. The van der Waals surface area contributed by atoms with Gasteiger partial charge in [0.2, 0.25) is 5.91 Å². The number of nitrogens with two attached hydrogens (primary N) is 1. The average Bonchev–Trinajstić information content (AvgIpc) is 2.61. The lowest BCUT2D eigenvalue weighted by atomic mass is 9.97. The fraction of sp³-hybridized carbons (Fsp3) is 0.412. The van der Waals surface area contributed by atoms with Crippen LogP contribution in [-0.2, 0) is 11.3 Å². The Morgan fingerprint density at radius 3 is 2.83 bits per heavy atom. The molecule has 0 aliphatic carbocycles. The summed E-state index contributed by atoms with van der Waals surface area (Å²) in [5, 5.41) is 0. The van der Waals surface area contributed by atoms with Gasteiger partial charge in [-0.1, -0.05) is 12.1 Å². The number of hydrogen-bond donors (Lipinski definition) is 1. The Balaban J connectivity index is 1.67. The second kappa shape index (κ2) is 6.82. The molecule has 1 saturated heterocycles. The third-order valence-corrected chi connectivity index (χ3v) is 4.36. The number of benzene rings is 1. The van der Waals surface area contributed by atoms with E-state index in [4.69, 9.17) is 5.73 Å². The van der Waals surface area contributed by atoms with E-state index in [2.05, 4.69) is 9.97 Å². The number of likely N-dealkylation sites (tertiary alicyclic amines) is 1. The quantitative estimate of drug-likeness (QED) is 0.921. The summed E-state index contributed by atoms with van der Waals surface area (Å²) in [5.74, 6) is -0.194. The number of aromatic nitrogens is 2. The summed E-state index contributed by atoms with van der Waals surface area (Å²) in [6.07, 6.45) is 3.27. The Hall–Kier alpha value is -2.70. The molecule has 7 nitrogen and oxygen atoms in total. The second-order valence-corrected chi connectivity index (χ2v) is 6.17. The maximum absolute atomic E-state index is 12.6. The lowest BCUT2D eigenvalue weighted by molar-refractivity contribution is -0.136. The van der Waals surface area contributed by atoms with Gasteiger partial charge in [-0.05, 0) is 25.0 Å². The number of amides is 3. The molecular formula is C17H21N5O2. The van der Waals surface area contributed by atoms with E-state index in [0.29, 0.717) is 19.6 Å². The molecule has 1 atom stereocenters. The molecule has 2 heterocycles. The van der Waals surface area contributed by atoms with Crippen molar-refractivity contribution in [3.63, 3.8) is 0 Å². The van der Waals surface area contributed by atoms with Gasteiger partial charge in [0.15, 0.2) is 0 Å². The molecule has 2 aromatic rings. The Labute approximate surface area is 140 Å². The molecule has 1 aliphatic heterocycles. The summed E-state index contributed by atoms with van der Waals surface area (Å²) in [6.45, 7) is 1.41. The van der Waals surface area contributed by atoms with Gasteiger partial charge in [-0.3, -0.25) is 9.78 Å². The molecule has 24 heavy (non-hydrogen) atoms. The molecule has 1 aromatic carbocycles. The van der Waals surface area contributed by atoms with E-state index in [1.165, 1.54) is 4.90 Å². The number of hydrogen-bond acceptors (Lipinski definition) is 4. The van der Waals surface area contributed by atoms with E-state index in [-0.39, 0.29) is 11.8 Å². The summed E-state index contributed by atoms with van der Waals surface area (Å²) in [4.78, 5) is 36.0. The first kappa shape index (κ1) is 16.2. The van der Waals surface area contributed by atoms with E-state index in [0.717, 1.165) is 29.6 Å². The summed E-state index contributed by atoms with van der Waals surface area (Å²) < 4.78 is 0. The predicted molar refractivity (Wildman–Crippen MR) is 89.9 cm³/mol. The van der Waals surface area contributed by atoms with Gasteiger partial charge in [-0.2, -0.15) is 0 Å². The molecule has 7 heteroatoms. The van der Waals surface area contributed by atoms with Gasteiger partial charge in [0.25, 0.3) is 0 Å². The summed E-state index contributed by atoms with van der Waals surface area (Å²) in [6, 6.07) is 7.17. The minimum absolute atomic E-state index is 0.0101. The second-order valence-electron chi connectivity index (χ2n) is 6.17. The Morgan fingerprint density at radius 2 is 2.08 bits per heavy atom. The standard InChI is InChI=1S/C17H21N5O2/c1-21(16(23)12-5-4-8-22(10-12)17(18)24)11-13-9-19-14-6-2-3-7-15(14)20-13/h2-3,6-7,9,12H,4-5,8,10-11H2,1H3,(H2,18,24)/t12-/m0/s1. The van der Waals surface area contributed by atoms with Crippen molar-refractivity contribution in [1.29, 1.82) is 0 Å². The zero-order valence-electron chi connectivity index (χ0n) is 13.7. The van der Waals surface area contributed by atoms with Crippen LogP contribution in [-0.4, -0.2) is 51.8 Å². The molecule has 0 bridgehead atoms. The van der Waals surface area contributed by atoms with Gasteiger partial charge >= 0.3 is 6.03 Å². The van der Waals surface area contributed by atoms with Crippen molar-refractivity contribution >= 4 is 23.0 Å². The van der Waals surface area contributed by atoms with E-state index in [1.54, 1.807) is 18.1 Å². The van der Waals surface area contributed by atoms with E-state index in [1.807, 2.05) is 24.3 Å². The molecule has 1 fully saturated rings. The van der Waals surface area contributed by atoms with Crippen LogP contribution in [0.3, 0.4) is 0 Å². The molecule has 3 rings (SSSR count). The van der Waals surface area contributed by atoms with Crippen molar-refractivity contribution in [3.05, 3.63) is 36.2 Å². The summed E-state index contributed by atoms with van der Waals surface area (Å²) in [5.41, 5.74) is 7.71. The number of carbonyl (C=O) groups excluding carboxylic acids is 2. The zero-order valence-corrected chi connectivity index (χ0v) is 13.7. The normalized spacial score (nSPS) is 17.7. The Morgan fingerprint density at radius 1 is 1.33 bits per heavy atom. The summed E-state index contributed by atoms with van der Waals surface area (Å²) in [7, 11) is 1.75. The molecule has 0 spiro atoms. The number of urea groups is 1. The lowest BCUT2D eigenvalue weighted by Gasteiger charge is -2.32. The molecule has 0 unspecified atom stereocenters. The van der Waals surface area contributed by atoms with Gasteiger partial charge in [0.1, 0.15) is 0 Å². The van der Waals surface area contributed by atoms with Gasteiger partial charge in [-0.25, -0.2) is 9.78 Å². The van der Waals surface area contributed by atoms with Crippen molar-refractivity contribution in [2.75, 3.05) is 20.1 Å². The summed E-state index contributed by atoms with van der Waals surface area (Å²) >= 11 is 0. The van der Waals surface area contributed by atoms with E-state index < -0.39 is 6.03 Å². The minimum atomic E-state index is -0.462. The molecule has 3 amide bonds. The van der Waals surface area contributed by atoms with Crippen molar-refractivity contribution in [3.8, 4) is 0 Å². The van der Waals surface area contributed by atoms with Crippen molar-refractivity contribution in [2.24, 2.45) is 11.7 Å². The van der Waals surface area contributed by atoms with Crippen LogP contribution in [0, 0.1) is 5.92 Å². The van der Waals surface area contributed by atoms with Gasteiger partial charge in [0.05, 0.1) is 35.4 Å². The highest BCUT2D eigenvalue weighted by atomic mass is 16.2. The topological polar surface area (TPSA) is 92.4 Å². The fourth-order valence-electron chi connectivity index (χ4n) is 3.08. The number of para-hydroxylation sites is 2. The highest BCUT2D eigenvalue weighted by Gasteiger charge is 2.29. The highest BCUT2D eigenvalue weighted by Crippen LogP contribution is 2.19. The van der Waals surface area contributed by atoms with Crippen LogP contribution in [0.4, 0.5) is 4.79 Å². The monoisotopic (exact) mass is 327 g/mol. The third-order valence-electron chi connectivity index (χ3n) is 4.36. The molecular weight excluding hydrogens is 306 g/mol. The number of piperidine rings is 1. The van der Waals surface area contributed by atoms with Crippen molar-refractivity contribution < 1.29 is 9.59 Å². The van der Waals surface area contributed by atoms with Crippen molar-refractivity contribution in [2.45, 2.75) is 19.4 Å².